The number of hydrogen-bond donors (Lipinski definition) is 2. The zero-order chi connectivity index (χ0) is 13.1. The predicted octanol–water partition coefficient (Wildman–Crippen LogP) is 1.57. The normalized spacial score (nSPS) is 13.8. The SMILES string of the molecule is CCC(C)(NC(=O)c1ccnc(C)c1)C(N)=S. The average molecular weight is 251 g/mol. The minimum Gasteiger partial charge on any atom is -0.391 e. The molecule has 0 bridgehead atoms. The maximum Gasteiger partial charge on any atom is 0.252 e. The third-order valence-electron chi connectivity index (χ3n) is 2.80. The molecule has 0 spiro atoms. The van der Waals surface area contributed by atoms with Crippen molar-refractivity contribution in [2.45, 2.75) is 32.7 Å². The van der Waals surface area contributed by atoms with Crippen LogP contribution in [0.1, 0.15) is 36.3 Å². The zero-order valence-corrected chi connectivity index (χ0v) is 11.1. The molecule has 0 saturated heterocycles. The number of pyridine rings is 1. The lowest BCUT2D eigenvalue weighted by Gasteiger charge is -2.28. The van der Waals surface area contributed by atoms with E-state index >= 15 is 0 Å². The summed E-state index contributed by atoms with van der Waals surface area (Å²) in [4.78, 5) is 16.4. The van der Waals surface area contributed by atoms with Crippen LogP contribution in [0.2, 0.25) is 0 Å². The monoisotopic (exact) mass is 251 g/mol. The summed E-state index contributed by atoms with van der Waals surface area (Å²) in [6, 6.07) is 3.39. The molecule has 1 unspecified atom stereocenters. The maximum absolute atomic E-state index is 12.0. The van der Waals surface area contributed by atoms with E-state index < -0.39 is 5.54 Å². The van der Waals surface area contributed by atoms with Crippen LogP contribution in [0.3, 0.4) is 0 Å². The number of carbonyl (C=O) groups excluding carboxylic acids is 1. The Balaban J connectivity index is 2.89. The van der Waals surface area contributed by atoms with Gasteiger partial charge in [-0.2, -0.15) is 0 Å². The first-order valence-electron chi connectivity index (χ1n) is 5.44. The van der Waals surface area contributed by atoms with Crippen molar-refractivity contribution in [3.8, 4) is 0 Å². The second-order valence-electron chi connectivity index (χ2n) is 4.19. The van der Waals surface area contributed by atoms with Crippen molar-refractivity contribution in [1.29, 1.82) is 0 Å². The van der Waals surface area contributed by atoms with Crippen LogP contribution < -0.4 is 11.1 Å². The first-order valence-corrected chi connectivity index (χ1v) is 5.85. The summed E-state index contributed by atoms with van der Waals surface area (Å²) in [5.74, 6) is -0.187. The molecule has 92 valence electrons. The maximum atomic E-state index is 12.0. The zero-order valence-electron chi connectivity index (χ0n) is 10.3. The molecule has 1 aromatic rings. The van der Waals surface area contributed by atoms with Crippen LogP contribution in [0.4, 0.5) is 0 Å². The molecule has 1 atom stereocenters. The van der Waals surface area contributed by atoms with Gasteiger partial charge < -0.3 is 11.1 Å². The summed E-state index contributed by atoms with van der Waals surface area (Å²) in [6.45, 7) is 5.59. The molecular weight excluding hydrogens is 234 g/mol. The Morgan fingerprint density at radius 3 is 2.76 bits per heavy atom. The molecule has 0 radical (unpaired) electrons. The Morgan fingerprint density at radius 2 is 2.29 bits per heavy atom. The standard InChI is InChI=1S/C12H17N3OS/c1-4-12(3,11(13)17)15-10(16)9-5-6-14-8(2)7-9/h5-7H,4H2,1-3H3,(H2,13,17)(H,15,16). The van der Waals surface area contributed by atoms with Gasteiger partial charge in [0, 0.05) is 17.5 Å². The summed E-state index contributed by atoms with van der Waals surface area (Å²) in [7, 11) is 0. The second kappa shape index (κ2) is 5.23. The Kier molecular flexibility index (Phi) is 4.17. The number of rotatable bonds is 4. The van der Waals surface area contributed by atoms with Crippen molar-refractivity contribution in [3.05, 3.63) is 29.6 Å². The van der Waals surface area contributed by atoms with Crippen LogP contribution in [-0.4, -0.2) is 21.4 Å². The van der Waals surface area contributed by atoms with Gasteiger partial charge >= 0.3 is 0 Å². The Hall–Kier alpha value is -1.49. The van der Waals surface area contributed by atoms with Gasteiger partial charge in [-0.15, -0.1) is 0 Å². The van der Waals surface area contributed by atoms with Crippen LogP contribution in [0.5, 0.6) is 0 Å². The van der Waals surface area contributed by atoms with Gasteiger partial charge in [0.2, 0.25) is 0 Å². The van der Waals surface area contributed by atoms with Crippen LogP contribution >= 0.6 is 12.2 Å². The molecule has 1 heterocycles. The predicted molar refractivity (Wildman–Crippen MR) is 71.9 cm³/mol. The van der Waals surface area contributed by atoms with Gasteiger partial charge in [0.05, 0.1) is 10.5 Å². The highest BCUT2D eigenvalue weighted by Crippen LogP contribution is 2.11. The van der Waals surface area contributed by atoms with Crippen molar-refractivity contribution >= 4 is 23.1 Å². The van der Waals surface area contributed by atoms with Crippen molar-refractivity contribution in [2.75, 3.05) is 0 Å². The van der Waals surface area contributed by atoms with Gasteiger partial charge in [-0.25, -0.2) is 0 Å². The Bertz CT molecular complexity index is 447. The molecule has 1 aromatic heterocycles. The molecule has 0 saturated carbocycles. The summed E-state index contributed by atoms with van der Waals surface area (Å²) >= 11 is 4.97. The van der Waals surface area contributed by atoms with Gasteiger partial charge in [0.1, 0.15) is 0 Å². The van der Waals surface area contributed by atoms with E-state index in [-0.39, 0.29) is 5.91 Å². The minimum absolute atomic E-state index is 0.187. The molecule has 4 nitrogen and oxygen atoms in total. The first kappa shape index (κ1) is 13.6. The number of nitrogens with one attached hydrogen (secondary N) is 1. The third-order valence-corrected chi connectivity index (χ3v) is 3.25. The summed E-state index contributed by atoms with van der Waals surface area (Å²) in [5, 5.41) is 2.85. The van der Waals surface area contributed by atoms with Gasteiger partial charge in [0.15, 0.2) is 0 Å². The highest BCUT2D eigenvalue weighted by Gasteiger charge is 2.27. The van der Waals surface area contributed by atoms with Gasteiger partial charge in [-0.1, -0.05) is 19.1 Å². The number of nitrogens with zero attached hydrogens (tertiary/aromatic N) is 1. The molecule has 0 aromatic carbocycles. The lowest BCUT2D eigenvalue weighted by Crippen LogP contribution is -2.54. The number of carbonyl (C=O) groups is 1. The van der Waals surface area contributed by atoms with E-state index in [0.29, 0.717) is 17.0 Å². The van der Waals surface area contributed by atoms with Crippen molar-refractivity contribution < 1.29 is 4.79 Å². The van der Waals surface area contributed by atoms with E-state index in [0.717, 1.165) is 5.69 Å². The summed E-state index contributed by atoms with van der Waals surface area (Å²) < 4.78 is 0. The third kappa shape index (κ3) is 3.23. The molecule has 17 heavy (non-hydrogen) atoms. The smallest absolute Gasteiger partial charge is 0.252 e. The molecule has 1 amide bonds. The van der Waals surface area contributed by atoms with E-state index in [1.54, 1.807) is 18.3 Å². The Morgan fingerprint density at radius 1 is 1.65 bits per heavy atom. The van der Waals surface area contributed by atoms with Crippen molar-refractivity contribution in [1.82, 2.24) is 10.3 Å². The fourth-order valence-corrected chi connectivity index (χ4v) is 1.53. The molecule has 0 fully saturated rings. The fraction of sp³-hybridized carbons (Fsp3) is 0.417. The highest BCUT2D eigenvalue weighted by molar-refractivity contribution is 7.80. The highest BCUT2D eigenvalue weighted by atomic mass is 32.1. The van der Waals surface area contributed by atoms with E-state index in [1.165, 1.54) is 0 Å². The number of amides is 1. The second-order valence-corrected chi connectivity index (χ2v) is 4.63. The minimum atomic E-state index is -0.649. The van der Waals surface area contributed by atoms with Gasteiger partial charge in [-0.3, -0.25) is 9.78 Å². The van der Waals surface area contributed by atoms with E-state index in [1.807, 2.05) is 20.8 Å². The number of aryl methyl sites for hydroxylation is 1. The van der Waals surface area contributed by atoms with Crippen LogP contribution in [0, 0.1) is 6.92 Å². The van der Waals surface area contributed by atoms with E-state index in [4.69, 9.17) is 18.0 Å². The average Bonchev–Trinajstić information content (AvgIpc) is 2.28. The number of hydrogen-bond acceptors (Lipinski definition) is 3. The molecule has 3 N–H and O–H groups in total. The largest absolute Gasteiger partial charge is 0.391 e. The first-order chi connectivity index (χ1) is 7.89. The van der Waals surface area contributed by atoms with Crippen LogP contribution in [0.15, 0.2) is 18.3 Å². The molecule has 0 aliphatic rings. The lowest BCUT2D eigenvalue weighted by atomic mass is 9.98. The van der Waals surface area contributed by atoms with E-state index in [9.17, 15) is 4.79 Å². The topological polar surface area (TPSA) is 68.0 Å². The lowest BCUT2D eigenvalue weighted by molar-refractivity contribution is 0.0926. The molecule has 5 heteroatoms. The molecular formula is C12H17N3OS. The van der Waals surface area contributed by atoms with Crippen LogP contribution in [0.25, 0.3) is 0 Å². The quantitative estimate of drug-likeness (QED) is 0.797. The fourth-order valence-electron chi connectivity index (χ4n) is 1.33. The number of nitrogens with two attached hydrogens (primary N) is 1. The van der Waals surface area contributed by atoms with Crippen molar-refractivity contribution in [2.24, 2.45) is 5.73 Å². The van der Waals surface area contributed by atoms with Gasteiger partial charge in [-0.05, 0) is 32.4 Å². The number of thiocarbonyl (C=S) groups is 1. The van der Waals surface area contributed by atoms with Crippen molar-refractivity contribution in [3.63, 3.8) is 0 Å². The Labute approximate surface area is 107 Å². The summed E-state index contributed by atoms with van der Waals surface area (Å²) in [5.41, 5.74) is 6.35. The molecule has 0 aliphatic heterocycles. The van der Waals surface area contributed by atoms with Gasteiger partial charge in [0.25, 0.3) is 5.91 Å². The van der Waals surface area contributed by atoms with Crippen LogP contribution in [-0.2, 0) is 0 Å². The summed E-state index contributed by atoms with van der Waals surface area (Å²) in [6.07, 6.45) is 2.26. The number of aromatic nitrogens is 1. The molecule has 0 aliphatic carbocycles. The van der Waals surface area contributed by atoms with E-state index in [2.05, 4.69) is 10.3 Å². The molecule has 1 rings (SSSR count).